The van der Waals surface area contributed by atoms with E-state index in [0.29, 0.717) is 5.92 Å². The van der Waals surface area contributed by atoms with Gasteiger partial charge in [-0.15, -0.1) is 0 Å². The van der Waals surface area contributed by atoms with Crippen molar-refractivity contribution >= 4 is 5.91 Å². The van der Waals surface area contributed by atoms with Crippen molar-refractivity contribution < 1.29 is 4.79 Å². The zero-order chi connectivity index (χ0) is 12.4. The Morgan fingerprint density at radius 2 is 1.94 bits per heavy atom. The molecule has 16 heavy (non-hydrogen) atoms. The van der Waals surface area contributed by atoms with Crippen molar-refractivity contribution in [1.29, 1.82) is 0 Å². The highest BCUT2D eigenvalue weighted by atomic mass is 16.1. The van der Waals surface area contributed by atoms with Gasteiger partial charge in [0.15, 0.2) is 0 Å². The van der Waals surface area contributed by atoms with E-state index in [-0.39, 0.29) is 11.8 Å². The van der Waals surface area contributed by atoms with Crippen molar-refractivity contribution in [3.8, 4) is 0 Å². The van der Waals surface area contributed by atoms with Crippen LogP contribution >= 0.6 is 0 Å². The normalized spacial score (nSPS) is 14.5. The molecule has 0 aliphatic heterocycles. The molecule has 0 aromatic heterocycles. The van der Waals surface area contributed by atoms with E-state index < -0.39 is 0 Å². The standard InChI is InChI=1S/C13H28N2O/c1-5-7-8-12(6-2)13(16)15-10-11(3)9-14-4/h11-12,14H,5-10H2,1-4H3,(H,15,16). The molecule has 2 unspecified atom stereocenters. The number of rotatable bonds is 9. The summed E-state index contributed by atoms with van der Waals surface area (Å²) in [5.74, 6) is 0.943. The number of hydrogen-bond donors (Lipinski definition) is 2. The van der Waals surface area contributed by atoms with E-state index in [1.165, 1.54) is 6.42 Å². The van der Waals surface area contributed by atoms with Crippen molar-refractivity contribution in [2.45, 2.75) is 46.5 Å². The molecule has 0 saturated carbocycles. The zero-order valence-corrected chi connectivity index (χ0v) is 11.3. The predicted molar refractivity (Wildman–Crippen MR) is 69.4 cm³/mol. The van der Waals surface area contributed by atoms with Gasteiger partial charge in [0.2, 0.25) is 5.91 Å². The van der Waals surface area contributed by atoms with E-state index in [4.69, 9.17) is 0 Å². The number of hydrogen-bond acceptors (Lipinski definition) is 2. The van der Waals surface area contributed by atoms with Crippen molar-refractivity contribution in [3.05, 3.63) is 0 Å². The van der Waals surface area contributed by atoms with E-state index in [1.54, 1.807) is 0 Å². The number of nitrogens with one attached hydrogen (secondary N) is 2. The Kier molecular flexibility index (Phi) is 9.30. The summed E-state index contributed by atoms with van der Waals surface area (Å²) in [5, 5.41) is 6.17. The minimum atomic E-state index is 0.210. The van der Waals surface area contributed by atoms with Gasteiger partial charge in [0.05, 0.1) is 0 Å². The largest absolute Gasteiger partial charge is 0.356 e. The molecule has 3 nitrogen and oxygen atoms in total. The van der Waals surface area contributed by atoms with Crippen LogP contribution in [0.2, 0.25) is 0 Å². The van der Waals surface area contributed by atoms with Gasteiger partial charge in [-0.05, 0) is 32.4 Å². The van der Waals surface area contributed by atoms with Crippen LogP contribution in [0, 0.1) is 11.8 Å². The molecule has 0 aliphatic carbocycles. The second-order valence-electron chi connectivity index (χ2n) is 4.66. The minimum Gasteiger partial charge on any atom is -0.356 e. The lowest BCUT2D eigenvalue weighted by molar-refractivity contribution is -0.125. The topological polar surface area (TPSA) is 41.1 Å². The number of carbonyl (C=O) groups is 1. The van der Waals surface area contributed by atoms with Gasteiger partial charge in [0, 0.05) is 12.5 Å². The summed E-state index contributed by atoms with van der Waals surface area (Å²) < 4.78 is 0. The van der Waals surface area contributed by atoms with Crippen LogP contribution in [0.3, 0.4) is 0 Å². The van der Waals surface area contributed by atoms with Crippen LogP contribution in [0.4, 0.5) is 0 Å². The van der Waals surface area contributed by atoms with Gasteiger partial charge >= 0.3 is 0 Å². The van der Waals surface area contributed by atoms with Crippen LogP contribution in [0.1, 0.15) is 46.5 Å². The lowest BCUT2D eigenvalue weighted by atomic mass is 9.98. The van der Waals surface area contributed by atoms with Crippen LogP contribution < -0.4 is 10.6 Å². The Bertz CT molecular complexity index is 183. The zero-order valence-electron chi connectivity index (χ0n) is 11.3. The summed E-state index contributed by atoms with van der Waals surface area (Å²) >= 11 is 0. The molecule has 0 aliphatic rings. The lowest BCUT2D eigenvalue weighted by Gasteiger charge is -2.17. The summed E-state index contributed by atoms with van der Waals surface area (Å²) in [6, 6.07) is 0. The molecule has 2 N–H and O–H groups in total. The number of carbonyl (C=O) groups excluding carboxylic acids is 1. The van der Waals surface area contributed by atoms with Gasteiger partial charge < -0.3 is 10.6 Å². The Labute approximate surface area is 100 Å². The number of amides is 1. The number of unbranched alkanes of at least 4 members (excludes halogenated alkanes) is 1. The van der Waals surface area contributed by atoms with Gasteiger partial charge in [-0.3, -0.25) is 4.79 Å². The summed E-state index contributed by atoms with van der Waals surface area (Å²) in [7, 11) is 1.94. The molecule has 0 fully saturated rings. The molecule has 0 spiro atoms. The third-order valence-electron chi connectivity index (χ3n) is 2.95. The maximum Gasteiger partial charge on any atom is 0.223 e. The minimum absolute atomic E-state index is 0.210. The molecule has 96 valence electrons. The molecule has 0 heterocycles. The molecule has 0 radical (unpaired) electrons. The van der Waals surface area contributed by atoms with Gasteiger partial charge in [-0.2, -0.15) is 0 Å². The molecule has 0 aromatic carbocycles. The van der Waals surface area contributed by atoms with Crippen molar-refractivity contribution in [2.24, 2.45) is 11.8 Å². The average Bonchev–Trinajstić information content (AvgIpc) is 2.28. The molecular formula is C13H28N2O. The molecule has 3 heteroatoms. The fourth-order valence-corrected chi connectivity index (χ4v) is 1.81. The third-order valence-corrected chi connectivity index (χ3v) is 2.95. The first-order valence-corrected chi connectivity index (χ1v) is 6.57. The van der Waals surface area contributed by atoms with Crippen LogP contribution in [0.15, 0.2) is 0 Å². The van der Waals surface area contributed by atoms with Gasteiger partial charge in [-0.25, -0.2) is 0 Å². The second-order valence-corrected chi connectivity index (χ2v) is 4.66. The van der Waals surface area contributed by atoms with E-state index in [1.807, 2.05) is 7.05 Å². The predicted octanol–water partition coefficient (Wildman–Crippen LogP) is 2.17. The quantitative estimate of drug-likeness (QED) is 0.635. The van der Waals surface area contributed by atoms with Crippen molar-refractivity contribution in [2.75, 3.05) is 20.1 Å². The van der Waals surface area contributed by atoms with E-state index in [9.17, 15) is 4.79 Å². The van der Waals surface area contributed by atoms with Crippen LogP contribution in [-0.4, -0.2) is 26.0 Å². The molecular weight excluding hydrogens is 200 g/mol. The highest BCUT2D eigenvalue weighted by Crippen LogP contribution is 2.12. The van der Waals surface area contributed by atoms with Crippen molar-refractivity contribution in [1.82, 2.24) is 10.6 Å². The van der Waals surface area contributed by atoms with Gasteiger partial charge in [0.1, 0.15) is 0 Å². The molecule has 2 atom stereocenters. The highest BCUT2D eigenvalue weighted by Gasteiger charge is 2.15. The average molecular weight is 228 g/mol. The summed E-state index contributed by atoms with van der Waals surface area (Å²) in [5.41, 5.74) is 0. The van der Waals surface area contributed by atoms with Crippen LogP contribution in [0.5, 0.6) is 0 Å². The Morgan fingerprint density at radius 1 is 1.25 bits per heavy atom. The molecule has 0 bridgehead atoms. The monoisotopic (exact) mass is 228 g/mol. The first kappa shape index (κ1) is 15.4. The third kappa shape index (κ3) is 6.83. The first-order valence-electron chi connectivity index (χ1n) is 6.57. The van der Waals surface area contributed by atoms with Gasteiger partial charge in [-0.1, -0.05) is 33.6 Å². The molecule has 0 saturated heterocycles. The van der Waals surface area contributed by atoms with E-state index in [2.05, 4.69) is 31.4 Å². The lowest BCUT2D eigenvalue weighted by Crippen LogP contribution is -2.36. The van der Waals surface area contributed by atoms with Crippen molar-refractivity contribution in [3.63, 3.8) is 0 Å². The molecule has 0 rings (SSSR count). The molecule has 1 amide bonds. The summed E-state index contributed by atoms with van der Waals surface area (Å²) in [6.07, 6.45) is 4.30. The second kappa shape index (κ2) is 9.64. The summed E-state index contributed by atoms with van der Waals surface area (Å²) in [4.78, 5) is 11.9. The van der Waals surface area contributed by atoms with Gasteiger partial charge in [0.25, 0.3) is 0 Å². The van der Waals surface area contributed by atoms with E-state index >= 15 is 0 Å². The summed E-state index contributed by atoms with van der Waals surface area (Å²) in [6.45, 7) is 8.13. The van der Waals surface area contributed by atoms with Crippen LogP contribution in [0.25, 0.3) is 0 Å². The Balaban J connectivity index is 3.82. The Hall–Kier alpha value is -0.570. The fourth-order valence-electron chi connectivity index (χ4n) is 1.81. The Morgan fingerprint density at radius 3 is 2.44 bits per heavy atom. The first-order chi connectivity index (χ1) is 7.65. The molecule has 0 aromatic rings. The maximum atomic E-state index is 11.9. The fraction of sp³-hybridized carbons (Fsp3) is 0.923. The van der Waals surface area contributed by atoms with E-state index in [0.717, 1.165) is 32.4 Å². The SMILES string of the molecule is CCCCC(CC)C(=O)NCC(C)CNC. The smallest absolute Gasteiger partial charge is 0.223 e. The highest BCUT2D eigenvalue weighted by molar-refractivity contribution is 5.78. The van der Waals surface area contributed by atoms with Crippen LogP contribution in [-0.2, 0) is 4.79 Å². The maximum absolute atomic E-state index is 11.9.